The van der Waals surface area contributed by atoms with Crippen LogP contribution < -0.4 is 0 Å². The van der Waals surface area contributed by atoms with Gasteiger partial charge in [0, 0.05) is 4.47 Å². The minimum atomic E-state index is 0.455. The van der Waals surface area contributed by atoms with Crippen LogP contribution in [0.5, 0.6) is 0 Å². The Balaban J connectivity index is 2.56. The summed E-state index contributed by atoms with van der Waals surface area (Å²) in [7, 11) is 0. The molecule has 0 saturated heterocycles. The number of hydrogen-bond acceptors (Lipinski definition) is 0. The molecular formula is C12H15Br. The van der Waals surface area contributed by atoms with Gasteiger partial charge in [0.25, 0.3) is 0 Å². The van der Waals surface area contributed by atoms with Crippen molar-refractivity contribution in [2.45, 2.75) is 33.6 Å². The van der Waals surface area contributed by atoms with Crippen LogP contribution in [-0.4, -0.2) is 0 Å². The summed E-state index contributed by atoms with van der Waals surface area (Å²) < 4.78 is 1.29. The molecule has 0 aromatic heterocycles. The maximum atomic E-state index is 3.63. The molecule has 1 aliphatic carbocycles. The first-order valence-corrected chi connectivity index (χ1v) is 5.56. The van der Waals surface area contributed by atoms with Crippen molar-refractivity contribution in [3.8, 4) is 0 Å². The number of rotatable bonds is 0. The highest BCUT2D eigenvalue weighted by molar-refractivity contribution is 9.10. The lowest BCUT2D eigenvalue weighted by Crippen LogP contribution is -2.09. The van der Waals surface area contributed by atoms with Crippen molar-refractivity contribution >= 4 is 15.9 Å². The lowest BCUT2D eigenvalue weighted by Gasteiger charge is -2.15. The zero-order chi connectivity index (χ0) is 9.64. The highest BCUT2D eigenvalue weighted by Gasteiger charge is 2.30. The van der Waals surface area contributed by atoms with E-state index in [0.717, 1.165) is 0 Å². The van der Waals surface area contributed by atoms with Gasteiger partial charge in [-0.3, -0.25) is 0 Å². The van der Waals surface area contributed by atoms with Crippen LogP contribution in [0.3, 0.4) is 0 Å². The van der Waals surface area contributed by atoms with Crippen LogP contribution in [-0.2, 0) is 12.8 Å². The molecule has 0 radical (unpaired) electrons. The van der Waals surface area contributed by atoms with Gasteiger partial charge in [-0.2, -0.15) is 0 Å². The highest BCUT2D eigenvalue weighted by atomic mass is 79.9. The second kappa shape index (κ2) is 2.84. The van der Waals surface area contributed by atoms with Crippen molar-refractivity contribution in [1.82, 2.24) is 0 Å². The summed E-state index contributed by atoms with van der Waals surface area (Å²) in [6.45, 7) is 6.91. The zero-order valence-electron chi connectivity index (χ0n) is 8.45. The number of fused-ring (bicyclic) bond motifs is 1. The molecule has 0 N–H and O–H groups in total. The SMILES string of the molecule is Cc1ccc(Br)c2c1CC(C)(C)C2. The molecule has 0 aliphatic heterocycles. The highest BCUT2D eigenvalue weighted by Crippen LogP contribution is 2.40. The summed E-state index contributed by atoms with van der Waals surface area (Å²) in [4.78, 5) is 0. The molecule has 0 atom stereocenters. The predicted octanol–water partition coefficient (Wildman–Crippen LogP) is 3.88. The average molecular weight is 239 g/mol. The van der Waals surface area contributed by atoms with Crippen LogP contribution in [0.4, 0.5) is 0 Å². The van der Waals surface area contributed by atoms with Crippen molar-refractivity contribution in [2.24, 2.45) is 5.41 Å². The normalized spacial score (nSPS) is 18.8. The van der Waals surface area contributed by atoms with E-state index in [1.165, 1.54) is 28.4 Å². The lowest BCUT2D eigenvalue weighted by atomic mass is 9.90. The Labute approximate surface area is 88.5 Å². The first-order valence-electron chi connectivity index (χ1n) is 4.76. The average Bonchev–Trinajstić information content (AvgIpc) is 2.35. The molecule has 0 spiro atoms. The van der Waals surface area contributed by atoms with E-state index in [0.29, 0.717) is 5.41 Å². The van der Waals surface area contributed by atoms with Crippen molar-refractivity contribution in [1.29, 1.82) is 0 Å². The summed E-state index contributed by atoms with van der Waals surface area (Å²) >= 11 is 3.63. The fourth-order valence-corrected chi connectivity index (χ4v) is 2.75. The van der Waals surface area contributed by atoms with Gasteiger partial charge >= 0.3 is 0 Å². The van der Waals surface area contributed by atoms with Crippen LogP contribution in [0, 0.1) is 12.3 Å². The number of aryl methyl sites for hydroxylation is 1. The predicted molar refractivity (Wildman–Crippen MR) is 60.1 cm³/mol. The number of benzene rings is 1. The molecule has 0 saturated carbocycles. The number of hydrogen-bond donors (Lipinski definition) is 0. The molecule has 0 amide bonds. The molecule has 1 aliphatic rings. The van der Waals surface area contributed by atoms with E-state index >= 15 is 0 Å². The van der Waals surface area contributed by atoms with Gasteiger partial charge < -0.3 is 0 Å². The Kier molecular flexibility index (Phi) is 2.03. The Morgan fingerprint density at radius 3 is 2.38 bits per heavy atom. The summed E-state index contributed by atoms with van der Waals surface area (Å²) in [6, 6.07) is 4.39. The lowest BCUT2D eigenvalue weighted by molar-refractivity contribution is 0.392. The smallest absolute Gasteiger partial charge is 0.0210 e. The quantitative estimate of drug-likeness (QED) is 0.644. The van der Waals surface area contributed by atoms with E-state index in [1.54, 1.807) is 5.56 Å². The monoisotopic (exact) mass is 238 g/mol. The van der Waals surface area contributed by atoms with Crippen molar-refractivity contribution in [2.75, 3.05) is 0 Å². The third kappa shape index (κ3) is 1.54. The van der Waals surface area contributed by atoms with Crippen molar-refractivity contribution < 1.29 is 0 Å². The van der Waals surface area contributed by atoms with Gasteiger partial charge in [0.15, 0.2) is 0 Å². The number of halogens is 1. The van der Waals surface area contributed by atoms with Crippen LogP contribution in [0.1, 0.15) is 30.5 Å². The molecular weight excluding hydrogens is 224 g/mol. The van der Waals surface area contributed by atoms with Gasteiger partial charge in [-0.1, -0.05) is 35.8 Å². The summed E-state index contributed by atoms with van der Waals surface area (Å²) in [5.74, 6) is 0. The van der Waals surface area contributed by atoms with Crippen LogP contribution in [0.2, 0.25) is 0 Å². The third-order valence-corrected chi connectivity index (χ3v) is 3.66. The largest absolute Gasteiger partial charge is 0.0593 e. The van der Waals surface area contributed by atoms with E-state index in [9.17, 15) is 0 Å². The zero-order valence-corrected chi connectivity index (χ0v) is 10.0. The van der Waals surface area contributed by atoms with Crippen LogP contribution in [0.15, 0.2) is 16.6 Å². The van der Waals surface area contributed by atoms with E-state index in [4.69, 9.17) is 0 Å². The van der Waals surface area contributed by atoms with E-state index in [1.807, 2.05) is 0 Å². The van der Waals surface area contributed by atoms with Crippen molar-refractivity contribution in [3.63, 3.8) is 0 Å². The molecule has 1 aromatic carbocycles. The minimum Gasteiger partial charge on any atom is -0.0593 e. The Morgan fingerprint density at radius 1 is 1.15 bits per heavy atom. The molecule has 0 unspecified atom stereocenters. The fraction of sp³-hybridized carbons (Fsp3) is 0.500. The summed E-state index contributed by atoms with van der Waals surface area (Å²) in [6.07, 6.45) is 2.44. The second-order valence-electron chi connectivity index (χ2n) is 4.84. The minimum absolute atomic E-state index is 0.455. The molecule has 2 rings (SSSR count). The summed E-state index contributed by atoms with van der Waals surface area (Å²) in [5.41, 5.74) is 5.00. The van der Waals surface area contributed by atoms with Gasteiger partial charge in [-0.15, -0.1) is 0 Å². The Bertz CT molecular complexity index is 317. The second-order valence-corrected chi connectivity index (χ2v) is 5.69. The maximum absolute atomic E-state index is 3.63. The molecule has 1 aromatic rings. The summed E-state index contributed by atoms with van der Waals surface area (Å²) in [5, 5.41) is 0. The Morgan fingerprint density at radius 2 is 1.77 bits per heavy atom. The fourth-order valence-electron chi connectivity index (χ4n) is 2.24. The molecule has 70 valence electrons. The topological polar surface area (TPSA) is 0 Å². The molecule has 0 fully saturated rings. The van der Waals surface area contributed by atoms with E-state index in [2.05, 4.69) is 48.8 Å². The third-order valence-electron chi connectivity index (χ3n) is 2.92. The van der Waals surface area contributed by atoms with Gasteiger partial charge in [0.1, 0.15) is 0 Å². The van der Waals surface area contributed by atoms with Gasteiger partial charge in [-0.25, -0.2) is 0 Å². The maximum Gasteiger partial charge on any atom is 0.0210 e. The standard InChI is InChI=1S/C12H15Br/c1-8-4-5-11(13)10-7-12(2,3)6-9(8)10/h4-5H,6-7H2,1-3H3. The van der Waals surface area contributed by atoms with E-state index < -0.39 is 0 Å². The van der Waals surface area contributed by atoms with Crippen LogP contribution in [0.25, 0.3) is 0 Å². The van der Waals surface area contributed by atoms with Gasteiger partial charge in [0.2, 0.25) is 0 Å². The van der Waals surface area contributed by atoms with Crippen molar-refractivity contribution in [3.05, 3.63) is 33.3 Å². The van der Waals surface area contributed by atoms with Crippen LogP contribution >= 0.6 is 15.9 Å². The molecule has 1 heteroatoms. The molecule has 0 bridgehead atoms. The van der Waals surface area contributed by atoms with Gasteiger partial charge in [0.05, 0.1) is 0 Å². The molecule has 0 nitrogen and oxygen atoms in total. The first-order chi connectivity index (χ1) is 5.99. The molecule has 0 heterocycles. The Hall–Kier alpha value is -0.300. The van der Waals surface area contributed by atoms with Gasteiger partial charge in [-0.05, 0) is 47.9 Å². The first kappa shape index (κ1) is 9.26. The molecule has 13 heavy (non-hydrogen) atoms. The van der Waals surface area contributed by atoms with E-state index in [-0.39, 0.29) is 0 Å².